The molecule has 0 saturated heterocycles. The third-order valence-electron chi connectivity index (χ3n) is 3.70. The summed E-state index contributed by atoms with van der Waals surface area (Å²) in [5.41, 5.74) is 0.367. The number of rotatable bonds is 3. The molecule has 4 aromatic rings. The quantitative estimate of drug-likeness (QED) is 0.359. The van der Waals surface area contributed by atoms with Crippen molar-refractivity contribution < 1.29 is 13.2 Å². The van der Waals surface area contributed by atoms with Crippen LogP contribution in [0.25, 0.3) is 21.4 Å². The molecule has 0 aromatic carbocycles. The number of fused-ring (bicyclic) bond motifs is 1. The van der Waals surface area contributed by atoms with Gasteiger partial charge < -0.3 is 0 Å². The molecule has 0 bridgehead atoms. The van der Waals surface area contributed by atoms with Crippen LogP contribution in [0.15, 0.2) is 30.9 Å². The summed E-state index contributed by atoms with van der Waals surface area (Å²) < 4.78 is 43.6. The SMILES string of the molecule is Cn1cc(C(F)(F)F)nc1-c1ccc(Cn2cnc3cnc(Cl)nc32)[se]1. The first-order valence-electron chi connectivity index (χ1n) is 7.34. The summed E-state index contributed by atoms with van der Waals surface area (Å²) in [5.74, 6) is 0.337. The Hall–Kier alpha value is -2.16. The van der Waals surface area contributed by atoms with Crippen LogP contribution in [0.2, 0.25) is 5.28 Å². The van der Waals surface area contributed by atoms with Crippen molar-refractivity contribution in [1.82, 2.24) is 29.1 Å². The van der Waals surface area contributed by atoms with Crippen LogP contribution in [0.1, 0.15) is 10.1 Å². The van der Waals surface area contributed by atoms with Crippen LogP contribution in [0, 0.1) is 0 Å². The summed E-state index contributed by atoms with van der Waals surface area (Å²) in [4.78, 5) is 16.0. The number of hydrogen-bond donors (Lipinski definition) is 0. The number of nitrogens with zero attached hydrogens (tertiary/aromatic N) is 6. The fraction of sp³-hybridized carbons (Fsp3) is 0.200. The van der Waals surface area contributed by atoms with Gasteiger partial charge in [-0.3, -0.25) is 0 Å². The van der Waals surface area contributed by atoms with Crippen LogP contribution in [0.4, 0.5) is 13.2 Å². The van der Waals surface area contributed by atoms with E-state index in [9.17, 15) is 13.2 Å². The van der Waals surface area contributed by atoms with E-state index in [2.05, 4.69) is 19.9 Å². The first kappa shape index (κ1) is 17.3. The van der Waals surface area contributed by atoms with Crippen molar-refractivity contribution >= 4 is 37.3 Å². The third kappa shape index (κ3) is 3.15. The van der Waals surface area contributed by atoms with Crippen molar-refractivity contribution in [2.75, 3.05) is 0 Å². The van der Waals surface area contributed by atoms with Crippen molar-refractivity contribution in [2.45, 2.75) is 12.7 Å². The van der Waals surface area contributed by atoms with Gasteiger partial charge in [-0.1, -0.05) is 0 Å². The molecule has 4 rings (SSSR count). The van der Waals surface area contributed by atoms with E-state index in [0.717, 1.165) is 15.1 Å². The summed E-state index contributed by atoms with van der Waals surface area (Å²) in [5, 5.41) is 0.136. The summed E-state index contributed by atoms with van der Waals surface area (Å²) in [6.07, 6.45) is -0.252. The molecule has 0 fully saturated rings. The summed E-state index contributed by atoms with van der Waals surface area (Å²) >= 11 is 5.69. The van der Waals surface area contributed by atoms with E-state index in [4.69, 9.17) is 11.6 Å². The van der Waals surface area contributed by atoms with E-state index in [1.807, 2.05) is 16.7 Å². The summed E-state index contributed by atoms with van der Waals surface area (Å²) in [7, 11) is 1.56. The molecule has 4 aromatic heterocycles. The molecule has 0 atom stereocenters. The molecule has 6 nitrogen and oxygen atoms in total. The molecule has 0 amide bonds. The Morgan fingerprint density at radius 3 is 2.73 bits per heavy atom. The molecule has 134 valence electrons. The fourth-order valence-corrected chi connectivity index (χ4v) is 4.84. The zero-order chi connectivity index (χ0) is 18.5. The number of halogens is 4. The number of hydrogen-bond acceptors (Lipinski definition) is 4. The number of aryl methyl sites for hydroxylation is 1. The summed E-state index contributed by atoms with van der Waals surface area (Å²) in [6, 6.07) is 3.73. The fourth-order valence-electron chi connectivity index (χ4n) is 2.53. The Labute approximate surface area is 156 Å². The van der Waals surface area contributed by atoms with Gasteiger partial charge >= 0.3 is 156 Å². The van der Waals surface area contributed by atoms with Gasteiger partial charge in [-0.15, -0.1) is 0 Å². The average Bonchev–Trinajstić information content (AvgIpc) is 3.26. The Morgan fingerprint density at radius 1 is 1.19 bits per heavy atom. The Balaban J connectivity index is 1.64. The van der Waals surface area contributed by atoms with Gasteiger partial charge in [0.2, 0.25) is 0 Å². The van der Waals surface area contributed by atoms with Gasteiger partial charge in [-0.25, -0.2) is 0 Å². The van der Waals surface area contributed by atoms with Gasteiger partial charge in [-0.2, -0.15) is 0 Å². The van der Waals surface area contributed by atoms with E-state index in [-0.39, 0.29) is 19.8 Å². The monoisotopic (exact) mass is 446 g/mol. The Kier molecular flexibility index (Phi) is 4.13. The van der Waals surface area contributed by atoms with E-state index in [1.54, 1.807) is 19.6 Å². The molecule has 0 aliphatic rings. The van der Waals surface area contributed by atoms with Crippen molar-refractivity contribution in [3.63, 3.8) is 0 Å². The molecule has 0 aliphatic carbocycles. The first-order valence-corrected chi connectivity index (χ1v) is 9.43. The third-order valence-corrected chi connectivity index (χ3v) is 6.12. The number of aromatic nitrogens is 6. The number of alkyl halides is 3. The molecule has 0 aliphatic heterocycles. The Bertz CT molecular complexity index is 1100. The van der Waals surface area contributed by atoms with Crippen LogP contribution in [-0.4, -0.2) is 43.6 Å². The zero-order valence-electron chi connectivity index (χ0n) is 13.2. The maximum absolute atomic E-state index is 12.8. The molecule has 26 heavy (non-hydrogen) atoms. The molecule has 0 unspecified atom stereocenters. The van der Waals surface area contributed by atoms with Crippen molar-refractivity contribution in [3.05, 3.63) is 46.3 Å². The Morgan fingerprint density at radius 2 is 2.00 bits per heavy atom. The molecule has 0 radical (unpaired) electrons. The normalized spacial score (nSPS) is 12.2. The molecule has 0 N–H and O–H groups in total. The predicted molar refractivity (Wildman–Crippen MR) is 90.0 cm³/mol. The summed E-state index contributed by atoms with van der Waals surface area (Å²) in [6.45, 7) is 0.528. The number of imidazole rings is 2. The van der Waals surface area contributed by atoms with Crippen LogP contribution in [0.3, 0.4) is 0 Å². The van der Waals surface area contributed by atoms with Gasteiger partial charge in [-0.05, 0) is 0 Å². The van der Waals surface area contributed by atoms with E-state index in [1.165, 1.54) is 4.57 Å². The molecule has 4 heterocycles. The van der Waals surface area contributed by atoms with E-state index in [0.29, 0.717) is 23.5 Å². The maximum atomic E-state index is 12.8. The van der Waals surface area contributed by atoms with Crippen molar-refractivity contribution in [3.8, 4) is 10.3 Å². The van der Waals surface area contributed by atoms with Gasteiger partial charge in [0.25, 0.3) is 0 Å². The standard InChI is InChI=1S/C15H10ClF3N6Se/c1-24-6-11(15(17,18)19)22-13(24)10-3-2-8(26-10)5-25-7-21-9-4-20-14(16)23-12(9)25/h2-4,6-7H,5H2,1H3. The molecule has 11 heteroatoms. The van der Waals surface area contributed by atoms with E-state index >= 15 is 0 Å². The molecule has 0 saturated carbocycles. The minimum atomic E-state index is -4.45. The van der Waals surface area contributed by atoms with E-state index < -0.39 is 11.9 Å². The average molecular weight is 446 g/mol. The second-order valence-electron chi connectivity index (χ2n) is 5.54. The van der Waals surface area contributed by atoms with Crippen molar-refractivity contribution in [1.29, 1.82) is 0 Å². The van der Waals surface area contributed by atoms with Crippen molar-refractivity contribution in [2.24, 2.45) is 7.05 Å². The van der Waals surface area contributed by atoms with Crippen LogP contribution >= 0.6 is 11.6 Å². The van der Waals surface area contributed by atoms with Crippen LogP contribution < -0.4 is 0 Å². The van der Waals surface area contributed by atoms with Gasteiger partial charge in [0.15, 0.2) is 0 Å². The topological polar surface area (TPSA) is 61.4 Å². The van der Waals surface area contributed by atoms with Gasteiger partial charge in [0.1, 0.15) is 0 Å². The second kappa shape index (κ2) is 6.22. The molecular formula is C15H10ClF3N6Se. The first-order chi connectivity index (χ1) is 12.3. The zero-order valence-corrected chi connectivity index (χ0v) is 15.7. The minimum absolute atomic E-state index is 0.136. The van der Waals surface area contributed by atoms with Crippen LogP contribution in [0.5, 0.6) is 0 Å². The van der Waals surface area contributed by atoms with Gasteiger partial charge in [0, 0.05) is 0 Å². The molecule has 0 spiro atoms. The van der Waals surface area contributed by atoms with Gasteiger partial charge in [0.05, 0.1) is 0 Å². The predicted octanol–water partition coefficient (Wildman–Crippen LogP) is 3.00. The molecular weight excluding hydrogens is 436 g/mol. The van der Waals surface area contributed by atoms with Crippen LogP contribution in [-0.2, 0) is 19.8 Å². The second-order valence-corrected chi connectivity index (χ2v) is 8.33.